The van der Waals surface area contributed by atoms with Crippen molar-refractivity contribution in [3.8, 4) is 56.5 Å². The molecule has 1 aliphatic carbocycles. The summed E-state index contributed by atoms with van der Waals surface area (Å²) in [5.41, 5.74) is 13.2. The van der Waals surface area contributed by atoms with E-state index in [9.17, 15) is 0 Å². The molecule has 2 aliphatic rings. The molecule has 3 aromatic heterocycles. The van der Waals surface area contributed by atoms with Gasteiger partial charge in [0.25, 0.3) is 0 Å². The van der Waals surface area contributed by atoms with Gasteiger partial charge in [-0.2, -0.15) is 0 Å². The molecule has 6 heteroatoms. The molecule has 1 aliphatic heterocycles. The van der Waals surface area contributed by atoms with Gasteiger partial charge in [-0.05, 0) is 63.7 Å². The molecule has 14 rings (SSSR count). The average molecular weight is 863 g/mol. The van der Waals surface area contributed by atoms with Gasteiger partial charge in [-0.15, -0.1) is 11.3 Å². The van der Waals surface area contributed by atoms with Crippen molar-refractivity contribution in [1.29, 1.82) is 0 Å². The fourth-order valence-electron chi connectivity index (χ4n) is 10.6. The van der Waals surface area contributed by atoms with Crippen LogP contribution in [0, 0.1) is 0 Å². The first-order valence-electron chi connectivity index (χ1n) is 21.9. The Morgan fingerprint density at radius 2 is 0.938 bits per heavy atom. The summed E-state index contributed by atoms with van der Waals surface area (Å²) in [5, 5.41) is 5.96. The van der Waals surface area contributed by atoms with E-state index >= 15 is 0 Å². The zero-order chi connectivity index (χ0) is 42.6. The molecule has 0 fully saturated rings. The Labute approximate surface area is 383 Å². The van der Waals surface area contributed by atoms with Crippen molar-refractivity contribution in [3.63, 3.8) is 0 Å². The summed E-state index contributed by atoms with van der Waals surface area (Å²) in [6.07, 6.45) is 0. The number of fused-ring (bicyclic) bond motifs is 16. The third kappa shape index (κ3) is 5.32. The smallest absolute Gasteiger partial charge is 0.165 e. The van der Waals surface area contributed by atoms with Crippen molar-refractivity contribution < 1.29 is 0 Å². The predicted molar refractivity (Wildman–Crippen MR) is 269 cm³/mol. The van der Waals surface area contributed by atoms with Gasteiger partial charge in [0.15, 0.2) is 17.5 Å². The summed E-state index contributed by atoms with van der Waals surface area (Å²) in [6.45, 7) is 0. The highest BCUT2D eigenvalue weighted by atomic mass is 32.2. The first-order valence-corrected chi connectivity index (χ1v) is 23.5. The molecule has 0 saturated heterocycles. The van der Waals surface area contributed by atoms with Crippen molar-refractivity contribution in [1.82, 2.24) is 19.9 Å². The molecule has 0 unspecified atom stereocenters. The van der Waals surface area contributed by atoms with E-state index in [1.807, 2.05) is 30.0 Å². The van der Waals surface area contributed by atoms with Gasteiger partial charge >= 0.3 is 0 Å². The lowest BCUT2D eigenvalue weighted by atomic mass is 9.67. The van der Waals surface area contributed by atoms with Crippen LogP contribution in [0.25, 0.3) is 98.4 Å². The average Bonchev–Trinajstić information content (AvgIpc) is 3.90. The third-order valence-electron chi connectivity index (χ3n) is 13.4. The number of thiophene rings is 1. The van der Waals surface area contributed by atoms with Gasteiger partial charge in [-0.25, -0.2) is 19.9 Å². The summed E-state index contributed by atoms with van der Waals surface area (Å²) in [4.78, 5) is 23.5. The zero-order valence-electron chi connectivity index (χ0n) is 34.7. The molecular formula is C59H34N4S2. The van der Waals surface area contributed by atoms with E-state index < -0.39 is 5.41 Å². The van der Waals surface area contributed by atoms with Gasteiger partial charge in [0.05, 0.1) is 16.6 Å². The summed E-state index contributed by atoms with van der Waals surface area (Å²) in [5.74, 6) is 1.93. The van der Waals surface area contributed by atoms with E-state index in [0.717, 1.165) is 44.2 Å². The van der Waals surface area contributed by atoms with Crippen LogP contribution in [0.5, 0.6) is 0 Å². The van der Waals surface area contributed by atoms with Crippen molar-refractivity contribution in [2.24, 2.45) is 0 Å². The van der Waals surface area contributed by atoms with Gasteiger partial charge in [0.1, 0.15) is 0 Å². The van der Waals surface area contributed by atoms with E-state index in [0.29, 0.717) is 17.5 Å². The largest absolute Gasteiger partial charge is 0.247 e. The molecule has 9 aromatic carbocycles. The fourth-order valence-corrected chi connectivity index (χ4v) is 13.0. The molecule has 0 bridgehead atoms. The number of hydrogen-bond donors (Lipinski definition) is 0. The number of nitrogens with zero attached hydrogens (tertiary/aromatic N) is 4. The fraction of sp³-hybridized carbons (Fsp3) is 0.0169. The summed E-state index contributed by atoms with van der Waals surface area (Å²) in [7, 11) is 0. The van der Waals surface area contributed by atoms with Crippen LogP contribution in [-0.4, -0.2) is 19.9 Å². The lowest BCUT2D eigenvalue weighted by Gasteiger charge is -2.39. The lowest BCUT2D eigenvalue weighted by Crippen LogP contribution is -2.31. The molecule has 0 radical (unpaired) electrons. The van der Waals surface area contributed by atoms with Crippen molar-refractivity contribution >= 4 is 64.9 Å². The Morgan fingerprint density at radius 3 is 1.72 bits per heavy atom. The van der Waals surface area contributed by atoms with E-state index in [2.05, 4.69) is 188 Å². The molecule has 12 aromatic rings. The van der Waals surface area contributed by atoms with Gasteiger partial charge in [-0.1, -0.05) is 188 Å². The van der Waals surface area contributed by atoms with Crippen LogP contribution in [0.3, 0.4) is 0 Å². The van der Waals surface area contributed by atoms with Gasteiger partial charge in [-0.3, -0.25) is 0 Å². The van der Waals surface area contributed by atoms with Crippen LogP contribution < -0.4 is 0 Å². The van der Waals surface area contributed by atoms with Crippen LogP contribution in [0.1, 0.15) is 22.3 Å². The highest BCUT2D eigenvalue weighted by Gasteiger charge is 2.50. The summed E-state index contributed by atoms with van der Waals surface area (Å²) < 4.78 is 2.42. The molecule has 65 heavy (non-hydrogen) atoms. The molecule has 1 spiro atoms. The van der Waals surface area contributed by atoms with E-state index in [1.54, 1.807) is 11.3 Å². The molecule has 0 atom stereocenters. The standard InChI is InChI=1S/C59H34N4S2/c1-2-15-36(16-3-1)56-61-57(63-58(62-56)43-21-14-20-39-38-17-6-11-26-49(38)65-55(39)43)37-31-29-35(30-32-37)54-42-33-34-47-53(52(42)41-19-5-10-25-48(41)60-54)40-18-4-7-22-44(40)59(47)45-23-8-12-27-50(45)64-51-28-13-9-24-46(51)59/h1-34H. The minimum absolute atomic E-state index is 0.463. The molecule has 302 valence electrons. The topological polar surface area (TPSA) is 51.6 Å². The maximum atomic E-state index is 5.44. The van der Waals surface area contributed by atoms with E-state index in [1.165, 1.54) is 68.7 Å². The van der Waals surface area contributed by atoms with Crippen molar-refractivity contribution in [2.75, 3.05) is 0 Å². The molecule has 4 heterocycles. The van der Waals surface area contributed by atoms with Gasteiger partial charge < -0.3 is 0 Å². The minimum atomic E-state index is -0.463. The minimum Gasteiger partial charge on any atom is -0.247 e. The van der Waals surface area contributed by atoms with Crippen molar-refractivity contribution in [2.45, 2.75) is 15.2 Å². The summed E-state index contributed by atoms with van der Waals surface area (Å²) in [6, 6.07) is 74.3. The quantitative estimate of drug-likeness (QED) is 0.165. The number of hydrogen-bond acceptors (Lipinski definition) is 6. The van der Waals surface area contributed by atoms with Crippen LogP contribution in [-0.2, 0) is 5.41 Å². The number of para-hydroxylation sites is 1. The second-order valence-electron chi connectivity index (χ2n) is 16.8. The molecule has 0 N–H and O–H groups in total. The Morgan fingerprint density at radius 1 is 0.354 bits per heavy atom. The predicted octanol–water partition coefficient (Wildman–Crippen LogP) is 15.4. The zero-order valence-corrected chi connectivity index (χ0v) is 36.4. The second kappa shape index (κ2) is 14.1. The molecule has 0 saturated carbocycles. The van der Waals surface area contributed by atoms with Crippen LogP contribution >= 0.6 is 23.1 Å². The summed E-state index contributed by atoms with van der Waals surface area (Å²) >= 11 is 3.66. The van der Waals surface area contributed by atoms with Gasteiger partial charge in [0.2, 0.25) is 0 Å². The normalized spacial score (nSPS) is 13.3. The number of pyridine rings is 1. The van der Waals surface area contributed by atoms with Crippen LogP contribution in [0.15, 0.2) is 216 Å². The monoisotopic (exact) mass is 862 g/mol. The maximum Gasteiger partial charge on any atom is 0.165 e. The van der Waals surface area contributed by atoms with Crippen LogP contribution in [0.2, 0.25) is 0 Å². The molecular weight excluding hydrogens is 829 g/mol. The van der Waals surface area contributed by atoms with Gasteiger partial charge in [0, 0.05) is 68.4 Å². The number of rotatable bonds is 4. The number of benzene rings is 9. The molecule has 0 amide bonds. The SMILES string of the molecule is c1ccc(-c2nc(-c3ccc(-c4nc5ccccc5c5c6c(ccc45)C4(c5ccccc5Sc5ccccc54)c4ccccc4-6)cc3)nc(-c3cccc4c3sc3ccccc34)n2)cc1. The Balaban J connectivity index is 0.963. The highest BCUT2D eigenvalue weighted by Crippen LogP contribution is 2.63. The van der Waals surface area contributed by atoms with E-state index in [4.69, 9.17) is 19.9 Å². The highest BCUT2D eigenvalue weighted by molar-refractivity contribution is 7.99. The molecule has 4 nitrogen and oxygen atoms in total. The number of aromatic nitrogens is 4. The maximum absolute atomic E-state index is 5.44. The van der Waals surface area contributed by atoms with Crippen LogP contribution in [0.4, 0.5) is 0 Å². The first kappa shape index (κ1) is 36.7. The Kier molecular flexibility index (Phi) is 7.97. The second-order valence-corrected chi connectivity index (χ2v) is 18.9. The first-order chi connectivity index (χ1) is 32.2. The lowest BCUT2D eigenvalue weighted by molar-refractivity contribution is 0.723. The Bertz CT molecular complexity index is 3890. The van der Waals surface area contributed by atoms with Crippen molar-refractivity contribution in [3.05, 3.63) is 229 Å². The van der Waals surface area contributed by atoms with E-state index in [-0.39, 0.29) is 0 Å². The Hall–Kier alpha value is -7.77. The third-order valence-corrected chi connectivity index (χ3v) is 15.8.